The van der Waals surface area contributed by atoms with Gasteiger partial charge in [-0.15, -0.1) is 0 Å². The van der Waals surface area contributed by atoms with Crippen LogP contribution in [0.1, 0.15) is 59.2 Å². The van der Waals surface area contributed by atoms with Crippen LogP contribution < -0.4 is 15.5 Å². The van der Waals surface area contributed by atoms with Crippen LogP contribution in [0.4, 0.5) is 5.69 Å². The second-order valence-corrected chi connectivity index (χ2v) is 11.4. The molecular weight excluding hydrogens is 516 g/mol. The van der Waals surface area contributed by atoms with Crippen LogP contribution in [-0.2, 0) is 4.74 Å². The molecule has 41 heavy (non-hydrogen) atoms. The molecule has 0 radical (unpaired) electrons. The van der Waals surface area contributed by atoms with Gasteiger partial charge >= 0.3 is 0 Å². The van der Waals surface area contributed by atoms with Crippen molar-refractivity contribution in [3.63, 3.8) is 0 Å². The molecule has 1 aliphatic heterocycles. The van der Waals surface area contributed by atoms with E-state index in [1.165, 1.54) is 0 Å². The molecule has 3 heterocycles. The highest BCUT2D eigenvalue weighted by Gasteiger charge is 2.26. The topological polar surface area (TPSA) is 101 Å². The van der Waals surface area contributed by atoms with Crippen molar-refractivity contribution in [2.24, 2.45) is 0 Å². The Morgan fingerprint density at radius 3 is 1.95 bits per heavy atom. The summed E-state index contributed by atoms with van der Waals surface area (Å²) in [6.07, 6.45) is 7.97. The summed E-state index contributed by atoms with van der Waals surface area (Å²) in [5.74, 6) is -0.0687. The molecule has 2 aliphatic carbocycles. The summed E-state index contributed by atoms with van der Waals surface area (Å²) in [7, 11) is 2.11. The summed E-state index contributed by atoms with van der Waals surface area (Å²) in [5.41, 5.74) is 6.54. The van der Waals surface area contributed by atoms with Crippen LogP contribution in [0.25, 0.3) is 28.2 Å². The van der Waals surface area contributed by atoms with E-state index in [4.69, 9.17) is 14.8 Å². The minimum atomic E-state index is -0.0350. The average Bonchev–Trinajstić information content (AvgIpc) is 3.96. The summed E-state index contributed by atoms with van der Waals surface area (Å²) in [6, 6.07) is 18.3. The third-order valence-electron chi connectivity index (χ3n) is 8.28. The molecule has 2 amide bonds. The minimum Gasteiger partial charge on any atom is -0.381 e. The van der Waals surface area contributed by atoms with Crippen LogP contribution in [0.15, 0.2) is 60.8 Å². The Hall–Kier alpha value is -4.24. The van der Waals surface area contributed by atoms with E-state index < -0.39 is 0 Å². The average molecular weight is 551 g/mol. The van der Waals surface area contributed by atoms with Crippen molar-refractivity contribution < 1.29 is 14.3 Å². The first-order chi connectivity index (χ1) is 20.0. The van der Waals surface area contributed by atoms with Crippen LogP contribution in [0.5, 0.6) is 0 Å². The number of anilines is 1. The Morgan fingerprint density at radius 2 is 1.39 bits per heavy atom. The summed E-state index contributed by atoms with van der Waals surface area (Å²) in [6.45, 7) is 1.49. The van der Waals surface area contributed by atoms with Crippen LogP contribution in [0.2, 0.25) is 0 Å². The highest BCUT2D eigenvalue weighted by Crippen LogP contribution is 2.32. The first kappa shape index (κ1) is 25.7. The van der Waals surface area contributed by atoms with Gasteiger partial charge in [0.15, 0.2) is 5.65 Å². The van der Waals surface area contributed by atoms with Crippen molar-refractivity contribution in [3.8, 4) is 22.5 Å². The van der Waals surface area contributed by atoms with Crippen molar-refractivity contribution in [1.82, 2.24) is 25.2 Å². The van der Waals surface area contributed by atoms with Gasteiger partial charge in [0.1, 0.15) is 0 Å². The standard InChI is InChI=1S/C32H34N6O3/c1-37(26-14-16-41-17-15-26)28-18-27(20-2-6-22(7-3-20)31(39)34-24-10-11-24)36-38-29(19-33-30(28)38)21-4-8-23(9-5-21)32(40)35-25-12-13-25/h2-9,18-19,24-26H,10-17H2,1H3,(H,34,39)(H,35,40). The van der Waals surface area contributed by atoms with Crippen molar-refractivity contribution in [2.75, 3.05) is 25.2 Å². The van der Waals surface area contributed by atoms with Gasteiger partial charge in [-0.3, -0.25) is 9.59 Å². The molecule has 7 rings (SSSR count). The number of hydrogen-bond donors (Lipinski definition) is 2. The third-order valence-corrected chi connectivity index (χ3v) is 8.28. The van der Waals surface area contributed by atoms with Crippen LogP contribution in [0.3, 0.4) is 0 Å². The number of carbonyl (C=O) groups excluding carboxylic acids is 2. The van der Waals surface area contributed by atoms with Gasteiger partial charge in [0.2, 0.25) is 0 Å². The number of aromatic nitrogens is 3. The molecule has 210 valence electrons. The third kappa shape index (κ3) is 5.41. The fourth-order valence-electron chi connectivity index (χ4n) is 5.40. The van der Waals surface area contributed by atoms with Gasteiger partial charge in [-0.05, 0) is 68.9 Å². The number of benzene rings is 2. The number of ether oxygens (including phenoxy) is 1. The molecule has 2 aromatic carbocycles. The van der Waals surface area contributed by atoms with Crippen molar-refractivity contribution in [2.45, 2.75) is 56.7 Å². The maximum absolute atomic E-state index is 12.5. The lowest BCUT2D eigenvalue weighted by atomic mass is 10.1. The normalized spacial score (nSPS) is 17.4. The van der Waals surface area contributed by atoms with E-state index in [0.717, 1.165) is 85.6 Å². The number of hydrogen-bond acceptors (Lipinski definition) is 6. The molecular formula is C32H34N6O3. The SMILES string of the molecule is CN(c1cc(-c2ccc(C(=O)NC3CC3)cc2)nn2c(-c3ccc(C(=O)NC4CC4)cc3)cnc12)C1CCOCC1. The maximum atomic E-state index is 12.5. The van der Waals surface area contributed by atoms with Gasteiger partial charge in [-0.2, -0.15) is 5.10 Å². The van der Waals surface area contributed by atoms with Crippen LogP contribution in [-0.4, -0.2) is 64.8 Å². The summed E-state index contributed by atoms with van der Waals surface area (Å²) < 4.78 is 7.51. The number of nitrogens with one attached hydrogen (secondary N) is 2. The number of nitrogens with zero attached hydrogens (tertiary/aromatic N) is 4. The van der Waals surface area contributed by atoms with Crippen LogP contribution >= 0.6 is 0 Å². The van der Waals surface area contributed by atoms with E-state index in [-0.39, 0.29) is 11.8 Å². The lowest BCUT2D eigenvalue weighted by molar-refractivity contribution is 0.0855. The van der Waals surface area contributed by atoms with Gasteiger partial charge in [0.05, 0.1) is 23.3 Å². The Bertz CT molecular complexity index is 1580. The highest BCUT2D eigenvalue weighted by atomic mass is 16.5. The Labute approximate surface area is 238 Å². The zero-order valence-corrected chi connectivity index (χ0v) is 23.2. The Morgan fingerprint density at radius 1 is 0.829 bits per heavy atom. The summed E-state index contributed by atoms with van der Waals surface area (Å²) in [5, 5.41) is 11.1. The van der Waals surface area contributed by atoms with E-state index in [9.17, 15) is 9.59 Å². The van der Waals surface area contributed by atoms with Gasteiger partial charge in [-0.1, -0.05) is 24.3 Å². The molecule has 0 atom stereocenters. The zero-order valence-electron chi connectivity index (χ0n) is 23.2. The highest BCUT2D eigenvalue weighted by molar-refractivity contribution is 5.95. The molecule has 4 aromatic rings. The van der Waals surface area contributed by atoms with Crippen molar-refractivity contribution >= 4 is 23.1 Å². The fraction of sp³-hybridized carbons (Fsp3) is 0.375. The van der Waals surface area contributed by atoms with E-state index >= 15 is 0 Å². The van der Waals surface area contributed by atoms with Gasteiger partial charge < -0.3 is 20.3 Å². The fourth-order valence-corrected chi connectivity index (χ4v) is 5.40. The predicted octanol–water partition coefficient (Wildman–Crippen LogP) is 4.46. The monoisotopic (exact) mass is 550 g/mol. The maximum Gasteiger partial charge on any atom is 0.251 e. The Kier molecular flexibility index (Phi) is 6.66. The molecule has 1 saturated heterocycles. The molecule has 0 bridgehead atoms. The van der Waals surface area contributed by atoms with Gasteiger partial charge in [0.25, 0.3) is 11.8 Å². The van der Waals surface area contributed by atoms with Crippen molar-refractivity contribution in [3.05, 3.63) is 71.9 Å². The molecule has 2 saturated carbocycles. The molecule has 3 aliphatic rings. The molecule has 0 spiro atoms. The van der Waals surface area contributed by atoms with Gasteiger partial charge in [0, 0.05) is 60.6 Å². The zero-order chi connectivity index (χ0) is 27.9. The number of rotatable bonds is 8. The first-order valence-corrected chi connectivity index (χ1v) is 14.6. The molecule has 9 nitrogen and oxygen atoms in total. The Balaban J connectivity index is 1.25. The summed E-state index contributed by atoms with van der Waals surface area (Å²) in [4.78, 5) is 32.2. The van der Waals surface area contributed by atoms with E-state index in [2.05, 4.69) is 28.6 Å². The smallest absolute Gasteiger partial charge is 0.251 e. The van der Waals surface area contributed by atoms with E-state index in [1.54, 1.807) is 0 Å². The second kappa shape index (κ2) is 10.6. The number of imidazole rings is 1. The predicted molar refractivity (Wildman–Crippen MR) is 157 cm³/mol. The molecule has 3 fully saturated rings. The first-order valence-electron chi connectivity index (χ1n) is 14.6. The number of carbonyl (C=O) groups is 2. The van der Waals surface area contributed by atoms with E-state index in [1.807, 2.05) is 59.2 Å². The quantitative estimate of drug-likeness (QED) is 0.336. The van der Waals surface area contributed by atoms with Crippen LogP contribution in [0, 0.1) is 0 Å². The number of fused-ring (bicyclic) bond motifs is 1. The molecule has 9 heteroatoms. The lowest BCUT2D eigenvalue weighted by Gasteiger charge is -2.33. The summed E-state index contributed by atoms with van der Waals surface area (Å²) >= 11 is 0. The number of amides is 2. The second-order valence-electron chi connectivity index (χ2n) is 11.4. The lowest BCUT2D eigenvalue weighted by Crippen LogP contribution is -2.37. The van der Waals surface area contributed by atoms with Gasteiger partial charge in [-0.25, -0.2) is 9.50 Å². The molecule has 2 N–H and O–H groups in total. The largest absolute Gasteiger partial charge is 0.381 e. The minimum absolute atomic E-state index is 0.0337. The molecule has 0 unspecified atom stereocenters. The van der Waals surface area contributed by atoms with Crippen molar-refractivity contribution in [1.29, 1.82) is 0 Å². The molecule has 2 aromatic heterocycles. The van der Waals surface area contributed by atoms with E-state index in [0.29, 0.717) is 29.3 Å².